The van der Waals surface area contributed by atoms with Crippen LogP contribution in [0.4, 0.5) is 0 Å². The van der Waals surface area contributed by atoms with Gasteiger partial charge in [0.05, 0.1) is 29.4 Å². The summed E-state index contributed by atoms with van der Waals surface area (Å²) in [5, 5.41) is 1.56. The minimum atomic E-state index is 0.709. The van der Waals surface area contributed by atoms with Gasteiger partial charge in [0.15, 0.2) is 0 Å². The molecule has 3 aromatic heterocycles. The normalized spacial score (nSPS) is 10.9. The van der Waals surface area contributed by atoms with Gasteiger partial charge in [-0.2, -0.15) is 0 Å². The van der Waals surface area contributed by atoms with Crippen LogP contribution in [0.25, 0.3) is 22.8 Å². The summed E-state index contributed by atoms with van der Waals surface area (Å²) in [6.07, 6.45) is 11.2. The van der Waals surface area contributed by atoms with Gasteiger partial charge in [0.25, 0.3) is 0 Å². The lowest BCUT2D eigenvalue weighted by molar-refractivity contribution is 0.304. The molecule has 0 aliphatic rings. The van der Waals surface area contributed by atoms with E-state index in [1.807, 2.05) is 36.7 Å². The number of pyridine rings is 3. The first-order valence-electron chi connectivity index (χ1n) is 10.9. The van der Waals surface area contributed by atoms with E-state index in [4.69, 9.17) is 9.72 Å². The third kappa shape index (κ3) is 7.39. The van der Waals surface area contributed by atoms with Crippen LogP contribution in [0.15, 0.2) is 48.8 Å². The predicted octanol–water partition coefficient (Wildman–Crippen LogP) is 7.73. The number of rotatable bonds is 12. The van der Waals surface area contributed by atoms with Gasteiger partial charge in [0, 0.05) is 35.2 Å². The number of ether oxygens (including phenoxy) is 1. The van der Waals surface area contributed by atoms with Crippen LogP contribution in [-0.2, 0) is 10.7 Å². The number of nitrogens with zero attached hydrogens (tertiary/aromatic N) is 3. The maximum absolute atomic E-state index is 6.12. The zero-order valence-electron chi connectivity index (χ0n) is 18.0. The van der Waals surface area contributed by atoms with Crippen molar-refractivity contribution in [2.75, 3.05) is 6.61 Å². The number of unbranched alkanes of at least 4 members (excludes halogenated alkanes) is 5. The Morgan fingerprint density at radius 2 is 1.26 bits per heavy atom. The Kier molecular flexibility index (Phi) is 9.94. The van der Waals surface area contributed by atoms with Gasteiger partial charge in [-0.1, -0.05) is 83.0 Å². The molecular formula is C25H29Br2N3O. The molecule has 3 heterocycles. The molecule has 0 amide bonds. The minimum Gasteiger partial charge on any atom is -0.493 e. The van der Waals surface area contributed by atoms with Crippen LogP contribution in [0.3, 0.4) is 0 Å². The molecule has 164 valence electrons. The number of hydrogen-bond donors (Lipinski definition) is 0. The monoisotopic (exact) mass is 545 g/mol. The van der Waals surface area contributed by atoms with Gasteiger partial charge in [-0.25, -0.2) is 4.98 Å². The molecular weight excluding hydrogens is 518 g/mol. The topological polar surface area (TPSA) is 47.9 Å². The molecule has 3 aromatic rings. The molecule has 0 spiro atoms. The Balaban J connectivity index is 1.79. The zero-order valence-corrected chi connectivity index (χ0v) is 21.2. The molecule has 4 nitrogen and oxygen atoms in total. The van der Waals surface area contributed by atoms with Crippen molar-refractivity contribution in [3.05, 3.63) is 59.9 Å². The Hall–Kier alpha value is -1.79. The lowest BCUT2D eigenvalue weighted by atomic mass is 10.1. The van der Waals surface area contributed by atoms with Crippen molar-refractivity contribution in [1.82, 2.24) is 15.0 Å². The Morgan fingerprint density at radius 3 is 1.74 bits per heavy atom. The molecule has 0 aliphatic carbocycles. The van der Waals surface area contributed by atoms with Crippen molar-refractivity contribution < 1.29 is 4.74 Å². The third-order valence-corrected chi connectivity index (χ3v) is 6.34. The van der Waals surface area contributed by atoms with Crippen molar-refractivity contribution in [1.29, 1.82) is 0 Å². The first kappa shape index (κ1) is 23.9. The van der Waals surface area contributed by atoms with Gasteiger partial charge >= 0.3 is 0 Å². The number of alkyl halides is 2. The van der Waals surface area contributed by atoms with E-state index in [1.165, 1.54) is 32.1 Å². The maximum Gasteiger partial charge on any atom is 0.123 e. The van der Waals surface area contributed by atoms with Gasteiger partial charge in [0.2, 0.25) is 0 Å². The summed E-state index contributed by atoms with van der Waals surface area (Å²) in [5.74, 6) is 0.811. The molecule has 0 fully saturated rings. The molecule has 0 atom stereocenters. The highest BCUT2D eigenvalue weighted by Crippen LogP contribution is 2.27. The molecule has 31 heavy (non-hydrogen) atoms. The van der Waals surface area contributed by atoms with Crippen LogP contribution in [-0.4, -0.2) is 21.6 Å². The van der Waals surface area contributed by atoms with Crippen LogP contribution in [0.2, 0.25) is 0 Å². The fourth-order valence-electron chi connectivity index (χ4n) is 3.23. The van der Waals surface area contributed by atoms with E-state index in [0.717, 1.165) is 56.7 Å². The second-order valence-electron chi connectivity index (χ2n) is 7.56. The molecule has 0 aliphatic heterocycles. The zero-order chi connectivity index (χ0) is 21.9. The Morgan fingerprint density at radius 1 is 0.710 bits per heavy atom. The second-order valence-corrected chi connectivity index (χ2v) is 8.68. The summed E-state index contributed by atoms with van der Waals surface area (Å²) in [4.78, 5) is 14.0. The van der Waals surface area contributed by atoms with Crippen molar-refractivity contribution >= 4 is 31.9 Å². The quantitative estimate of drug-likeness (QED) is 0.172. The summed E-state index contributed by atoms with van der Waals surface area (Å²) in [7, 11) is 0. The molecule has 0 saturated heterocycles. The van der Waals surface area contributed by atoms with E-state index in [0.29, 0.717) is 6.61 Å². The predicted molar refractivity (Wildman–Crippen MR) is 135 cm³/mol. The molecule has 0 radical (unpaired) electrons. The average molecular weight is 547 g/mol. The minimum absolute atomic E-state index is 0.709. The second kappa shape index (κ2) is 12.9. The largest absolute Gasteiger partial charge is 0.493 e. The van der Waals surface area contributed by atoms with E-state index >= 15 is 0 Å². The van der Waals surface area contributed by atoms with Crippen molar-refractivity contribution in [3.63, 3.8) is 0 Å². The Labute approximate surface area is 202 Å². The van der Waals surface area contributed by atoms with Crippen molar-refractivity contribution in [3.8, 4) is 28.5 Å². The van der Waals surface area contributed by atoms with Crippen LogP contribution in [0.1, 0.15) is 56.6 Å². The summed E-state index contributed by atoms with van der Waals surface area (Å²) in [6.45, 7) is 2.95. The van der Waals surface area contributed by atoms with Gasteiger partial charge in [-0.15, -0.1) is 0 Å². The van der Waals surface area contributed by atoms with E-state index in [-0.39, 0.29) is 0 Å². The fraction of sp³-hybridized carbons (Fsp3) is 0.400. The first-order chi connectivity index (χ1) is 15.2. The van der Waals surface area contributed by atoms with Gasteiger partial charge in [-0.05, 0) is 29.7 Å². The van der Waals surface area contributed by atoms with E-state index in [2.05, 4.69) is 60.9 Å². The molecule has 0 saturated carbocycles. The molecule has 0 bridgehead atoms. The third-order valence-electron chi connectivity index (χ3n) is 5.05. The van der Waals surface area contributed by atoms with Crippen LogP contribution < -0.4 is 4.74 Å². The highest BCUT2D eigenvalue weighted by atomic mass is 79.9. The van der Waals surface area contributed by atoms with Crippen LogP contribution >= 0.6 is 31.9 Å². The smallest absolute Gasteiger partial charge is 0.123 e. The first-order valence-corrected chi connectivity index (χ1v) is 13.1. The van der Waals surface area contributed by atoms with Crippen LogP contribution in [0, 0.1) is 0 Å². The van der Waals surface area contributed by atoms with Gasteiger partial charge in [0.1, 0.15) is 5.75 Å². The fourth-order valence-corrected chi connectivity index (χ4v) is 3.90. The Bertz CT molecular complexity index is 865. The summed E-state index contributed by atoms with van der Waals surface area (Å²) in [6, 6.07) is 12.1. The lowest BCUT2D eigenvalue weighted by Crippen LogP contribution is -2.00. The number of aromatic nitrogens is 3. The number of halogens is 2. The molecule has 0 N–H and O–H groups in total. The van der Waals surface area contributed by atoms with Gasteiger partial charge in [-0.3, -0.25) is 9.97 Å². The van der Waals surface area contributed by atoms with Gasteiger partial charge < -0.3 is 4.74 Å². The highest BCUT2D eigenvalue weighted by molar-refractivity contribution is 9.08. The van der Waals surface area contributed by atoms with E-state index in [9.17, 15) is 0 Å². The van der Waals surface area contributed by atoms with Crippen LogP contribution in [0.5, 0.6) is 5.75 Å². The molecule has 0 aromatic carbocycles. The van der Waals surface area contributed by atoms with E-state index in [1.54, 1.807) is 0 Å². The summed E-state index contributed by atoms with van der Waals surface area (Å²) >= 11 is 6.94. The van der Waals surface area contributed by atoms with Crippen molar-refractivity contribution in [2.45, 2.75) is 56.1 Å². The number of hydrogen-bond acceptors (Lipinski definition) is 4. The molecule has 6 heteroatoms. The average Bonchev–Trinajstić information content (AvgIpc) is 2.83. The standard InChI is InChI=1S/C25H29Br2N3O/c1-2-3-4-5-6-7-12-31-21-13-24(22-10-8-19(15-26)17-28-22)30-25(14-21)23-11-9-20(16-27)18-29-23/h8-11,13-14,17-18H,2-7,12,15-16H2,1H3. The lowest BCUT2D eigenvalue weighted by Gasteiger charge is -2.11. The van der Waals surface area contributed by atoms with Crippen molar-refractivity contribution in [2.24, 2.45) is 0 Å². The molecule has 0 unspecified atom stereocenters. The summed E-state index contributed by atoms with van der Waals surface area (Å²) < 4.78 is 6.12. The maximum atomic E-state index is 6.12. The molecule has 3 rings (SSSR count). The highest BCUT2D eigenvalue weighted by Gasteiger charge is 2.10. The SMILES string of the molecule is CCCCCCCCOc1cc(-c2ccc(CBr)cn2)nc(-c2ccc(CBr)cn2)c1. The van der Waals surface area contributed by atoms with E-state index < -0.39 is 0 Å². The summed E-state index contributed by atoms with van der Waals surface area (Å²) in [5.41, 5.74) is 5.50.